The summed E-state index contributed by atoms with van der Waals surface area (Å²) < 4.78 is 0.0854. The van der Waals surface area contributed by atoms with Crippen LogP contribution < -0.4 is 0 Å². The van der Waals surface area contributed by atoms with Crippen LogP contribution in [-0.4, -0.2) is 9.47 Å². The van der Waals surface area contributed by atoms with Crippen molar-refractivity contribution in [3.63, 3.8) is 0 Å². The van der Waals surface area contributed by atoms with Gasteiger partial charge in [0, 0.05) is 0 Å². The molecule has 2 nitrogen and oxygen atoms in total. The van der Waals surface area contributed by atoms with E-state index >= 15 is 0 Å². The molecule has 3 heteroatoms. The van der Waals surface area contributed by atoms with Gasteiger partial charge in [0.2, 0.25) is 0 Å². The fourth-order valence-electron chi connectivity index (χ4n) is 0.535. The molecule has 1 fully saturated rings. The monoisotopic (exact) mass is 295 g/mol. The van der Waals surface area contributed by atoms with E-state index in [4.69, 9.17) is 5.11 Å². The Morgan fingerprint density at radius 3 is 2.38 bits per heavy atom. The second-order valence-corrected chi connectivity index (χ2v) is 5.28. The molecule has 0 aromatic rings. The summed E-state index contributed by atoms with van der Waals surface area (Å²) in [4.78, 5) is 10.1. The first-order valence-corrected chi connectivity index (χ1v) is 5.03. The van der Waals surface area contributed by atoms with Crippen LogP contribution in [0.2, 0.25) is 4.31 Å². The Bertz CT molecular complexity index is 98.6. The first-order chi connectivity index (χ1) is 3.79. The molecular formula is C5H8O2Pt. The minimum atomic E-state index is -0.533. The number of hydrogen-bond donors (Lipinski definition) is 1. The third-order valence-electron chi connectivity index (χ3n) is 1.21. The van der Waals surface area contributed by atoms with Crippen molar-refractivity contribution >= 4 is 4.36 Å². The fourth-order valence-corrected chi connectivity index (χ4v) is 2.91. The molecule has 1 N–H and O–H groups in total. The van der Waals surface area contributed by atoms with Crippen LogP contribution in [0.1, 0.15) is 19.3 Å². The van der Waals surface area contributed by atoms with Crippen LogP contribution in [0.5, 0.6) is 0 Å². The molecule has 0 aromatic carbocycles. The van der Waals surface area contributed by atoms with Gasteiger partial charge in [0.25, 0.3) is 0 Å². The quantitative estimate of drug-likeness (QED) is 0.842. The van der Waals surface area contributed by atoms with Crippen molar-refractivity contribution in [2.45, 2.75) is 23.6 Å². The predicted octanol–water partition coefficient (Wildman–Crippen LogP) is 1.72. The zero-order valence-electron chi connectivity index (χ0n) is 4.37. The Balaban J connectivity index is 2.09. The fraction of sp³-hybridized carbons (Fsp3) is 0.800. The summed E-state index contributed by atoms with van der Waals surface area (Å²) in [5, 5.41) is 8.30. The molecule has 8 heavy (non-hydrogen) atoms. The van der Waals surface area contributed by atoms with E-state index < -0.39 is 22.9 Å². The molecule has 0 bridgehead atoms. The Labute approximate surface area is 56.8 Å². The summed E-state index contributed by atoms with van der Waals surface area (Å²) in [5.74, 6) is 0. The van der Waals surface area contributed by atoms with Crippen LogP contribution in [-0.2, 0) is 18.6 Å². The number of rotatable bonds is 2. The Morgan fingerprint density at radius 1 is 1.62 bits per heavy atom. The molecule has 0 amide bonds. The van der Waals surface area contributed by atoms with Crippen molar-refractivity contribution in [1.82, 2.24) is 0 Å². The van der Waals surface area contributed by atoms with Gasteiger partial charge in [-0.2, -0.15) is 0 Å². The Hall–Kier alpha value is 0.158. The standard InChI is InChI=1S/C4H7.CHO2.Pt/c1-2-4-3-1;2-1-3;/h1H,2-4H2;(H,2,3);. The predicted molar refractivity (Wildman–Crippen MR) is 25.6 cm³/mol. The number of carboxylic acid groups (broad SMARTS) is 1. The van der Waals surface area contributed by atoms with Crippen molar-refractivity contribution in [3.8, 4) is 0 Å². The van der Waals surface area contributed by atoms with Crippen molar-refractivity contribution < 1.29 is 28.5 Å². The topological polar surface area (TPSA) is 37.3 Å². The van der Waals surface area contributed by atoms with Crippen LogP contribution in [0.4, 0.5) is 4.79 Å². The van der Waals surface area contributed by atoms with E-state index in [9.17, 15) is 4.79 Å². The molecule has 0 spiro atoms. The Morgan fingerprint density at radius 2 is 2.25 bits per heavy atom. The van der Waals surface area contributed by atoms with E-state index in [1.165, 1.54) is 19.3 Å². The molecule has 0 unspecified atom stereocenters. The van der Waals surface area contributed by atoms with Crippen molar-refractivity contribution in [2.75, 3.05) is 0 Å². The van der Waals surface area contributed by atoms with E-state index in [1.807, 2.05) is 0 Å². The van der Waals surface area contributed by atoms with Crippen LogP contribution in [0.15, 0.2) is 0 Å². The van der Waals surface area contributed by atoms with Gasteiger partial charge in [-0.05, 0) is 0 Å². The van der Waals surface area contributed by atoms with Crippen LogP contribution in [0, 0.1) is 0 Å². The minimum absolute atomic E-state index is 0.503. The molecule has 0 saturated heterocycles. The summed E-state index contributed by atoms with van der Waals surface area (Å²) in [6.07, 6.45) is 3.62. The van der Waals surface area contributed by atoms with Gasteiger partial charge < -0.3 is 0 Å². The molecule has 50 valence electrons. The third-order valence-corrected chi connectivity index (χ3v) is 4.01. The van der Waals surface area contributed by atoms with Crippen LogP contribution >= 0.6 is 0 Å². The Kier molecular flexibility index (Phi) is 2.07. The van der Waals surface area contributed by atoms with Gasteiger partial charge in [-0.15, -0.1) is 0 Å². The molecule has 0 aromatic heterocycles. The van der Waals surface area contributed by atoms with Gasteiger partial charge in [0.15, 0.2) is 0 Å². The molecule has 0 atom stereocenters. The van der Waals surface area contributed by atoms with E-state index in [2.05, 4.69) is 0 Å². The normalized spacial score (nSPS) is 20.5. The maximum absolute atomic E-state index is 10.1. The third kappa shape index (κ3) is 1.59. The second kappa shape index (κ2) is 2.63. The van der Waals surface area contributed by atoms with Crippen molar-refractivity contribution in [1.29, 1.82) is 0 Å². The molecule has 0 aliphatic heterocycles. The molecule has 1 rings (SSSR count). The first-order valence-electron chi connectivity index (χ1n) is 2.58. The van der Waals surface area contributed by atoms with Crippen LogP contribution in [0.3, 0.4) is 0 Å². The van der Waals surface area contributed by atoms with Gasteiger partial charge >= 0.3 is 56.4 Å². The molecular weight excluding hydrogens is 287 g/mol. The van der Waals surface area contributed by atoms with E-state index in [0.29, 0.717) is 4.31 Å². The van der Waals surface area contributed by atoms with E-state index in [-0.39, 0.29) is 0 Å². The number of hydrogen-bond acceptors (Lipinski definition) is 1. The average Bonchev–Trinajstić information content (AvgIpc) is 1.55. The van der Waals surface area contributed by atoms with Gasteiger partial charge in [0.05, 0.1) is 0 Å². The molecule has 0 radical (unpaired) electrons. The number of carbonyl (C=O) groups is 1. The summed E-state index contributed by atoms with van der Waals surface area (Å²) >= 11 is -0.503. The summed E-state index contributed by atoms with van der Waals surface area (Å²) in [5.41, 5.74) is 0. The molecule has 1 aliphatic carbocycles. The van der Waals surface area contributed by atoms with Gasteiger partial charge in [-0.1, -0.05) is 0 Å². The van der Waals surface area contributed by atoms with Gasteiger partial charge in [0.1, 0.15) is 0 Å². The summed E-state index contributed by atoms with van der Waals surface area (Å²) in [6, 6.07) is 0. The van der Waals surface area contributed by atoms with Gasteiger partial charge in [-0.3, -0.25) is 0 Å². The average molecular weight is 295 g/mol. The van der Waals surface area contributed by atoms with Crippen molar-refractivity contribution in [3.05, 3.63) is 0 Å². The molecule has 1 saturated carbocycles. The second-order valence-electron chi connectivity index (χ2n) is 1.80. The zero-order chi connectivity index (χ0) is 5.98. The summed E-state index contributed by atoms with van der Waals surface area (Å²) in [6.45, 7) is 0. The first kappa shape index (κ1) is 6.28. The SMILES string of the molecule is O=[C](O)[Pt][CH]1CCC1. The van der Waals surface area contributed by atoms with E-state index in [0.717, 1.165) is 0 Å². The van der Waals surface area contributed by atoms with Gasteiger partial charge in [-0.25, -0.2) is 0 Å². The molecule has 1 aliphatic rings. The zero-order valence-corrected chi connectivity index (χ0v) is 6.64. The molecule has 0 heterocycles. The summed E-state index contributed by atoms with van der Waals surface area (Å²) in [7, 11) is 0. The van der Waals surface area contributed by atoms with Crippen LogP contribution in [0.25, 0.3) is 0 Å². The maximum atomic E-state index is 10.1. The van der Waals surface area contributed by atoms with Crippen molar-refractivity contribution in [2.24, 2.45) is 0 Å². The van der Waals surface area contributed by atoms with E-state index in [1.54, 1.807) is 0 Å².